The minimum atomic E-state index is 0.0878. The highest BCUT2D eigenvalue weighted by molar-refractivity contribution is 6.31. The third-order valence-corrected chi connectivity index (χ3v) is 3.10. The van der Waals surface area contributed by atoms with Gasteiger partial charge in [0.05, 0.1) is 5.69 Å². The number of nitrogens with zero attached hydrogens (tertiary/aromatic N) is 1. The number of halogens is 1. The number of ether oxygens (including phenoxy) is 1. The summed E-state index contributed by atoms with van der Waals surface area (Å²) < 4.78 is 5.77. The number of benzene rings is 1. The van der Waals surface area contributed by atoms with Crippen molar-refractivity contribution < 1.29 is 4.74 Å². The Morgan fingerprint density at radius 2 is 2.16 bits per heavy atom. The molecule has 1 unspecified atom stereocenters. The largest absolute Gasteiger partial charge is 0.455 e. The summed E-state index contributed by atoms with van der Waals surface area (Å²) in [7, 11) is 0. The van der Waals surface area contributed by atoms with E-state index in [9.17, 15) is 0 Å². The maximum atomic E-state index is 6.23. The molecule has 0 aliphatic heterocycles. The Morgan fingerprint density at radius 3 is 2.79 bits per heavy atom. The van der Waals surface area contributed by atoms with Crippen molar-refractivity contribution in [3.05, 3.63) is 52.8 Å². The number of hydrogen-bond donors (Lipinski definition) is 1. The normalized spacial score (nSPS) is 12.2. The second-order valence-corrected chi connectivity index (χ2v) is 5.03. The van der Waals surface area contributed by atoms with Gasteiger partial charge in [-0.25, -0.2) is 0 Å². The molecule has 0 spiro atoms. The standard InChI is InChI=1S/C15H17ClN2O/c1-10(17)8-12-5-6-13(9-14(12)16)19-15-4-3-7-18-11(15)2/h3-7,9-10H,8,17H2,1-2H3. The van der Waals surface area contributed by atoms with Crippen LogP contribution in [0.1, 0.15) is 18.2 Å². The van der Waals surface area contributed by atoms with Crippen LogP contribution in [-0.4, -0.2) is 11.0 Å². The van der Waals surface area contributed by atoms with E-state index in [2.05, 4.69) is 4.98 Å². The van der Waals surface area contributed by atoms with Crippen LogP contribution in [0.4, 0.5) is 0 Å². The molecule has 1 heterocycles. The fourth-order valence-electron chi connectivity index (χ4n) is 1.81. The fraction of sp³-hybridized carbons (Fsp3) is 0.267. The molecule has 0 aliphatic carbocycles. The molecule has 2 aromatic rings. The van der Waals surface area contributed by atoms with Crippen molar-refractivity contribution in [3.8, 4) is 11.5 Å². The van der Waals surface area contributed by atoms with Crippen molar-refractivity contribution in [1.82, 2.24) is 4.98 Å². The summed E-state index contributed by atoms with van der Waals surface area (Å²) in [6.07, 6.45) is 2.49. The van der Waals surface area contributed by atoms with Gasteiger partial charge < -0.3 is 10.5 Å². The van der Waals surface area contributed by atoms with Crippen molar-refractivity contribution in [1.29, 1.82) is 0 Å². The van der Waals surface area contributed by atoms with Crippen molar-refractivity contribution in [3.63, 3.8) is 0 Å². The molecule has 2 rings (SSSR count). The van der Waals surface area contributed by atoms with E-state index in [0.29, 0.717) is 10.8 Å². The summed E-state index contributed by atoms with van der Waals surface area (Å²) in [5, 5.41) is 0.677. The first-order chi connectivity index (χ1) is 9.06. The first-order valence-corrected chi connectivity index (χ1v) is 6.57. The van der Waals surface area contributed by atoms with Crippen molar-refractivity contribution in [2.75, 3.05) is 0 Å². The monoisotopic (exact) mass is 276 g/mol. The molecule has 0 saturated carbocycles. The van der Waals surface area contributed by atoms with Gasteiger partial charge in [-0.1, -0.05) is 17.7 Å². The number of hydrogen-bond acceptors (Lipinski definition) is 3. The first kappa shape index (κ1) is 13.8. The van der Waals surface area contributed by atoms with Crippen molar-refractivity contribution >= 4 is 11.6 Å². The quantitative estimate of drug-likeness (QED) is 0.926. The van der Waals surface area contributed by atoms with E-state index in [4.69, 9.17) is 22.1 Å². The van der Waals surface area contributed by atoms with Crippen LogP contribution >= 0.6 is 11.6 Å². The minimum absolute atomic E-state index is 0.0878. The SMILES string of the molecule is Cc1ncccc1Oc1ccc(CC(C)N)c(Cl)c1. The topological polar surface area (TPSA) is 48.1 Å². The smallest absolute Gasteiger partial charge is 0.148 e. The van der Waals surface area contributed by atoms with Crippen molar-refractivity contribution in [2.45, 2.75) is 26.3 Å². The summed E-state index contributed by atoms with van der Waals surface area (Å²) >= 11 is 6.23. The highest BCUT2D eigenvalue weighted by Gasteiger charge is 2.07. The molecule has 0 aliphatic rings. The summed E-state index contributed by atoms with van der Waals surface area (Å²) in [6.45, 7) is 3.86. The molecule has 19 heavy (non-hydrogen) atoms. The van der Waals surface area contributed by atoms with E-state index in [-0.39, 0.29) is 6.04 Å². The molecule has 0 fully saturated rings. The summed E-state index contributed by atoms with van der Waals surface area (Å²) in [4.78, 5) is 4.18. The average Bonchev–Trinajstić information content (AvgIpc) is 2.35. The Kier molecular flexibility index (Phi) is 4.40. The van der Waals surface area contributed by atoms with E-state index < -0.39 is 0 Å². The van der Waals surface area contributed by atoms with Gasteiger partial charge in [-0.2, -0.15) is 0 Å². The lowest BCUT2D eigenvalue weighted by Crippen LogP contribution is -2.17. The van der Waals surface area contributed by atoms with E-state index in [1.54, 1.807) is 6.20 Å². The molecule has 0 bridgehead atoms. The van der Waals surface area contributed by atoms with Crippen LogP contribution in [0, 0.1) is 6.92 Å². The predicted octanol–water partition coefficient (Wildman–Crippen LogP) is 3.73. The predicted molar refractivity (Wildman–Crippen MR) is 77.9 cm³/mol. The Bertz CT molecular complexity index is 570. The lowest BCUT2D eigenvalue weighted by Gasteiger charge is -2.11. The van der Waals surface area contributed by atoms with Gasteiger partial charge in [0.1, 0.15) is 11.5 Å². The van der Waals surface area contributed by atoms with E-state index in [1.165, 1.54) is 0 Å². The second-order valence-electron chi connectivity index (χ2n) is 4.62. The molecular formula is C15H17ClN2O. The van der Waals surface area contributed by atoms with Gasteiger partial charge in [0.2, 0.25) is 0 Å². The highest BCUT2D eigenvalue weighted by atomic mass is 35.5. The van der Waals surface area contributed by atoms with E-state index >= 15 is 0 Å². The molecule has 1 atom stereocenters. The van der Waals surface area contributed by atoms with Gasteiger partial charge in [-0.3, -0.25) is 4.98 Å². The van der Waals surface area contributed by atoms with Gasteiger partial charge >= 0.3 is 0 Å². The van der Waals surface area contributed by atoms with Gasteiger partial charge in [-0.15, -0.1) is 0 Å². The molecule has 100 valence electrons. The molecule has 0 radical (unpaired) electrons. The summed E-state index contributed by atoms with van der Waals surface area (Å²) in [5.41, 5.74) is 7.66. The third kappa shape index (κ3) is 3.69. The molecule has 3 nitrogen and oxygen atoms in total. The Hall–Kier alpha value is -1.58. The highest BCUT2D eigenvalue weighted by Crippen LogP contribution is 2.28. The zero-order valence-electron chi connectivity index (χ0n) is 11.1. The van der Waals surface area contributed by atoms with E-state index in [1.807, 2.05) is 44.2 Å². The third-order valence-electron chi connectivity index (χ3n) is 2.75. The van der Waals surface area contributed by atoms with Gasteiger partial charge in [0.25, 0.3) is 0 Å². The van der Waals surface area contributed by atoms with Crippen LogP contribution in [0.3, 0.4) is 0 Å². The lowest BCUT2D eigenvalue weighted by atomic mass is 10.1. The van der Waals surface area contributed by atoms with Crippen molar-refractivity contribution in [2.24, 2.45) is 5.73 Å². The maximum Gasteiger partial charge on any atom is 0.148 e. The van der Waals surface area contributed by atoms with Crippen LogP contribution in [0.5, 0.6) is 11.5 Å². The van der Waals surface area contributed by atoms with E-state index in [0.717, 1.165) is 23.4 Å². The first-order valence-electron chi connectivity index (χ1n) is 6.19. The van der Waals surface area contributed by atoms with Gasteiger partial charge in [-0.05, 0) is 50.1 Å². The zero-order valence-corrected chi connectivity index (χ0v) is 11.8. The van der Waals surface area contributed by atoms with Crippen LogP contribution < -0.4 is 10.5 Å². The Balaban J connectivity index is 2.19. The molecule has 2 N–H and O–H groups in total. The number of aryl methyl sites for hydroxylation is 1. The van der Waals surface area contributed by atoms with Gasteiger partial charge in [0, 0.05) is 17.3 Å². The summed E-state index contributed by atoms with van der Waals surface area (Å²) in [6, 6.07) is 9.47. The fourth-order valence-corrected chi connectivity index (χ4v) is 2.06. The zero-order chi connectivity index (χ0) is 13.8. The van der Waals surface area contributed by atoms with Crippen LogP contribution in [0.25, 0.3) is 0 Å². The van der Waals surface area contributed by atoms with Crippen LogP contribution in [0.2, 0.25) is 5.02 Å². The second kappa shape index (κ2) is 6.04. The minimum Gasteiger partial charge on any atom is -0.455 e. The van der Waals surface area contributed by atoms with Crippen LogP contribution in [-0.2, 0) is 6.42 Å². The molecular weight excluding hydrogens is 260 g/mol. The average molecular weight is 277 g/mol. The molecule has 0 saturated heterocycles. The molecule has 0 amide bonds. The number of nitrogens with two attached hydrogens (primary N) is 1. The maximum absolute atomic E-state index is 6.23. The Labute approximate surface area is 118 Å². The van der Waals surface area contributed by atoms with Gasteiger partial charge in [0.15, 0.2) is 0 Å². The summed E-state index contributed by atoms with van der Waals surface area (Å²) in [5.74, 6) is 1.44. The molecule has 4 heteroatoms. The number of rotatable bonds is 4. The van der Waals surface area contributed by atoms with Crippen LogP contribution in [0.15, 0.2) is 36.5 Å². The number of aromatic nitrogens is 1. The molecule has 1 aromatic carbocycles. The lowest BCUT2D eigenvalue weighted by molar-refractivity contribution is 0.475. The Morgan fingerprint density at radius 1 is 1.37 bits per heavy atom. The number of pyridine rings is 1. The molecule has 1 aromatic heterocycles.